The van der Waals surface area contributed by atoms with Gasteiger partial charge in [0.15, 0.2) is 5.82 Å². The van der Waals surface area contributed by atoms with E-state index in [-0.39, 0.29) is 11.6 Å². The van der Waals surface area contributed by atoms with E-state index >= 15 is 0 Å². The van der Waals surface area contributed by atoms with Gasteiger partial charge in [-0.3, -0.25) is 9.89 Å². The van der Waals surface area contributed by atoms with Crippen LogP contribution in [0, 0.1) is 11.3 Å². The average Bonchev–Trinajstić information content (AvgIpc) is 3.16. The number of carbonyl (C=O) groups excluding carboxylic acids is 1. The minimum absolute atomic E-state index is 0.166. The lowest BCUT2D eigenvalue weighted by molar-refractivity contribution is 0.204. The molecule has 1 saturated heterocycles. The first-order chi connectivity index (χ1) is 14.2. The molecule has 3 aromatic rings. The fourth-order valence-electron chi connectivity index (χ4n) is 3.13. The number of carbonyl (C=O) groups is 1. The summed E-state index contributed by atoms with van der Waals surface area (Å²) in [5.74, 6) is 0.412. The van der Waals surface area contributed by atoms with E-state index in [4.69, 9.17) is 5.26 Å². The van der Waals surface area contributed by atoms with E-state index in [0.717, 1.165) is 13.1 Å². The Balaban J connectivity index is 1.50. The molecule has 2 amide bonds. The molecule has 3 heterocycles. The van der Waals surface area contributed by atoms with E-state index in [1.807, 2.05) is 0 Å². The summed E-state index contributed by atoms with van der Waals surface area (Å²) in [6.45, 7) is 2.88. The maximum atomic E-state index is 12.7. The Morgan fingerprint density at radius 3 is 2.55 bits per heavy atom. The molecule has 0 atom stereocenters. The molecule has 146 valence electrons. The summed E-state index contributed by atoms with van der Waals surface area (Å²) in [5, 5.41) is 17.8. The number of pyridine rings is 1. The molecule has 1 fully saturated rings. The number of benzene rings is 1. The van der Waals surface area contributed by atoms with Crippen LogP contribution >= 0.6 is 0 Å². The molecule has 0 bridgehead atoms. The Labute approximate surface area is 166 Å². The number of anilines is 1. The van der Waals surface area contributed by atoms with Crippen molar-refractivity contribution in [3.8, 4) is 23.0 Å². The van der Waals surface area contributed by atoms with Gasteiger partial charge < -0.3 is 15.5 Å². The fraction of sp³-hybridized carbons (Fsp3) is 0.200. The Kier molecular flexibility index (Phi) is 5.09. The predicted molar refractivity (Wildman–Crippen MR) is 108 cm³/mol. The predicted octanol–water partition coefficient (Wildman–Crippen LogP) is 1.54. The number of urea groups is 1. The molecule has 2 aromatic heterocycles. The van der Waals surface area contributed by atoms with Gasteiger partial charge in [-0.25, -0.2) is 14.5 Å². The fourth-order valence-corrected chi connectivity index (χ4v) is 3.13. The highest BCUT2D eigenvalue weighted by Crippen LogP contribution is 2.17. The minimum Gasteiger partial charge on any atom is -0.322 e. The van der Waals surface area contributed by atoms with E-state index in [2.05, 4.69) is 26.8 Å². The van der Waals surface area contributed by atoms with Crippen LogP contribution in [0.3, 0.4) is 0 Å². The molecular weight excluding hydrogens is 370 g/mol. The zero-order valence-electron chi connectivity index (χ0n) is 15.6. The Bertz CT molecular complexity index is 1100. The van der Waals surface area contributed by atoms with Gasteiger partial charge in [0.25, 0.3) is 5.56 Å². The highest BCUT2D eigenvalue weighted by Gasteiger charge is 2.16. The van der Waals surface area contributed by atoms with Gasteiger partial charge in [0, 0.05) is 32.4 Å². The number of aromatic amines is 1. The number of amides is 2. The third-order valence-electron chi connectivity index (χ3n) is 4.73. The van der Waals surface area contributed by atoms with Gasteiger partial charge in [0.1, 0.15) is 0 Å². The second-order valence-electron chi connectivity index (χ2n) is 6.59. The van der Waals surface area contributed by atoms with Crippen LogP contribution in [0.25, 0.3) is 16.9 Å². The summed E-state index contributed by atoms with van der Waals surface area (Å²) < 4.78 is 1.33. The quantitative estimate of drug-likeness (QED) is 0.628. The third kappa shape index (κ3) is 3.88. The lowest BCUT2D eigenvalue weighted by Gasteiger charge is -2.27. The van der Waals surface area contributed by atoms with Gasteiger partial charge in [-0.1, -0.05) is 12.1 Å². The van der Waals surface area contributed by atoms with E-state index < -0.39 is 0 Å². The molecule has 0 unspecified atom stereocenters. The maximum absolute atomic E-state index is 12.7. The van der Waals surface area contributed by atoms with Gasteiger partial charge in [0.2, 0.25) is 0 Å². The van der Waals surface area contributed by atoms with Crippen molar-refractivity contribution in [1.82, 2.24) is 25.0 Å². The molecular formula is C20H19N7O2. The summed E-state index contributed by atoms with van der Waals surface area (Å²) in [6.07, 6.45) is 3.12. The maximum Gasteiger partial charge on any atom is 0.321 e. The number of nitrogens with one attached hydrogen (secondary N) is 3. The zero-order chi connectivity index (χ0) is 20.2. The molecule has 9 heteroatoms. The van der Waals surface area contributed by atoms with Crippen LogP contribution in [0.15, 0.2) is 53.6 Å². The Morgan fingerprint density at radius 1 is 1.14 bits per heavy atom. The summed E-state index contributed by atoms with van der Waals surface area (Å²) in [4.78, 5) is 31.0. The minimum atomic E-state index is -0.250. The average molecular weight is 389 g/mol. The third-order valence-corrected chi connectivity index (χ3v) is 4.73. The van der Waals surface area contributed by atoms with Crippen molar-refractivity contribution < 1.29 is 4.79 Å². The SMILES string of the molecule is N#Cc1ccc(-c2c[nH]n(-c3ccc(NC(=O)N4CCNCC4)cn3)c2=O)cc1. The largest absolute Gasteiger partial charge is 0.322 e. The van der Waals surface area contributed by atoms with Crippen LogP contribution in [0.2, 0.25) is 0 Å². The Morgan fingerprint density at radius 2 is 1.90 bits per heavy atom. The smallest absolute Gasteiger partial charge is 0.321 e. The number of hydrogen-bond acceptors (Lipinski definition) is 5. The number of nitriles is 1. The van der Waals surface area contributed by atoms with Gasteiger partial charge in [-0.2, -0.15) is 5.26 Å². The van der Waals surface area contributed by atoms with Crippen molar-refractivity contribution in [1.29, 1.82) is 5.26 Å². The van der Waals surface area contributed by atoms with E-state index in [1.165, 1.54) is 10.9 Å². The summed E-state index contributed by atoms with van der Waals surface area (Å²) in [5.41, 5.74) is 2.03. The van der Waals surface area contributed by atoms with Crippen LogP contribution in [0.5, 0.6) is 0 Å². The number of H-pyrrole nitrogens is 1. The molecule has 1 aliphatic heterocycles. The molecule has 0 saturated carbocycles. The van der Waals surface area contributed by atoms with Crippen molar-refractivity contribution in [2.75, 3.05) is 31.5 Å². The van der Waals surface area contributed by atoms with E-state index in [0.29, 0.717) is 41.3 Å². The standard InChI is InChI=1S/C20H19N7O2/c21-11-14-1-3-15(4-2-14)17-13-24-27(19(17)28)18-6-5-16(12-23-18)25-20(29)26-9-7-22-8-10-26/h1-6,12-13,22,24H,7-10H2,(H,25,29). The van der Waals surface area contributed by atoms with E-state index in [9.17, 15) is 9.59 Å². The monoisotopic (exact) mass is 389 g/mol. The summed E-state index contributed by atoms with van der Waals surface area (Å²) in [7, 11) is 0. The molecule has 29 heavy (non-hydrogen) atoms. The van der Waals surface area contributed by atoms with Crippen LogP contribution in [0.4, 0.5) is 10.5 Å². The first-order valence-electron chi connectivity index (χ1n) is 9.20. The van der Waals surface area contributed by atoms with Crippen molar-refractivity contribution in [3.05, 3.63) is 64.7 Å². The van der Waals surface area contributed by atoms with Crippen LogP contribution in [-0.2, 0) is 0 Å². The number of aromatic nitrogens is 3. The van der Waals surface area contributed by atoms with Gasteiger partial charge >= 0.3 is 6.03 Å². The molecule has 0 spiro atoms. The topological polar surface area (TPSA) is 119 Å². The van der Waals surface area contributed by atoms with Crippen LogP contribution in [0.1, 0.15) is 5.56 Å². The first-order valence-corrected chi connectivity index (χ1v) is 9.20. The van der Waals surface area contributed by atoms with Gasteiger partial charge in [0.05, 0.1) is 29.1 Å². The normalized spacial score (nSPS) is 13.7. The second kappa shape index (κ2) is 8.00. The number of piperazine rings is 1. The molecule has 0 radical (unpaired) electrons. The lowest BCUT2D eigenvalue weighted by atomic mass is 10.1. The van der Waals surface area contributed by atoms with Crippen molar-refractivity contribution >= 4 is 11.7 Å². The van der Waals surface area contributed by atoms with Crippen LogP contribution < -0.4 is 16.2 Å². The Hall–Kier alpha value is -3.90. The molecule has 1 aromatic carbocycles. The van der Waals surface area contributed by atoms with Crippen LogP contribution in [-0.4, -0.2) is 51.9 Å². The first kappa shape index (κ1) is 18.5. The zero-order valence-corrected chi connectivity index (χ0v) is 15.6. The lowest BCUT2D eigenvalue weighted by Crippen LogP contribution is -2.48. The second-order valence-corrected chi connectivity index (χ2v) is 6.59. The van der Waals surface area contributed by atoms with Crippen molar-refractivity contribution in [3.63, 3.8) is 0 Å². The highest BCUT2D eigenvalue weighted by molar-refractivity contribution is 5.89. The molecule has 1 aliphatic rings. The summed E-state index contributed by atoms with van der Waals surface area (Å²) >= 11 is 0. The van der Waals surface area contributed by atoms with E-state index in [1.54, 1.807) is 47.5 Å². The molecule has 0 aliphatic carbocycles. The molecule has 9 nitrogen and oxygen atoms in total. The highest BCUT2D eigenvalue weighted by atomic mass is 16.2. The number of nitrogens with zero attached hydrogens (tertiary/aromatic N) is 4. The molecule has 4 rings (SSSR count). The number of rotatable bonds is 3. The van der Waals surface area contributed by atoms with Gasteiger partial charge in [-0.05, 0) is 29.8 Å². The molecule has 3 N–H and O–H groups in total. The van der Waals surface area contributed by atoms with Crippen molar-refractivity contribution in [2.24, 2.45) is 0 Å². The van der Waals surface area contributed by atoms with Gasteiger partial charge in [-0.15, -0.1) is 0 Å². The van der Waals surface area contributed by atoms with Crippen molar-refractivity contribution in [2.45, 2.75) is 0 Å². The summed E-state index contributed by atoms with van der Waals surface area (Å²) in [6, 6.07) is 12.1. The number of hydrogen-bond donors (Lipinski definition) is 3.